The SMILES string of the molecule is CCS/C(=N\C(C)NC(=O)OC(C)C)N1CCC(NC(=O)OC(C)(C)C)CC1. The van der Waals surface area contributed by atoms with Gasteiger partial charge in [-0.05, 0) is 60.1 Å². The van der Waals surface area contributed by atoms with Gasteiger partial charge in [0, 0.05) is 19.1 Å². The van der Waals surface area contributed by atoms with E-state index in [-0.39, 0.29) is 24.4 Å². The third-order valence-electron chi connectivity index (χ3n) is 3.73. The van der Waals surface area contributed by atoms with Crippen molar-refractivity contribution in [3.63, 3.8) is 0 Å². The third-order valence-corrected chi connectivity index (χ3v) is 4.64. The van der Waals surface area contributed by atoms with E-state index in [0.29, 0.717) is 0 Å². The highest BCUT2D eigenvalue weighted by Crippen LogP contribution is 2.18. The van der Waals surface area contributed by atoms with Gasteiger partial charge in [0.25, 0.3) is 0 Å². The molecule has 2 N–H and O–H groups in total. The normalized spacial score (nSPS) is 17.3. The molecule has 28 heavy (non-hydrogen) atoms. The summed E-state index contributed by atoms with van der Waals surface area (Å²) in [6.07, 6.45) is 0.256. The first-order valence-corrected chi connectivity index (χ1v) is 10.9. The Bertz CT molecular complexity index is 541. The zero-order chi connectivity index (χ0) is 21.3. The van der Waals surface area contributed by atoms with Gasteiger partial charge in [-0.2, -0.15) is 0 Å². The summed E-state index contributed by atoms with van der Waals surface area (Å²) in [6, 6.07) is 0.0931. The second-order valence-electron chi connectivity index (χ2n) is 8.03. The molecule has 8 nitrogen and oxygen atoms in total. The number of piperidine rings is 1. The number of alkyl carbamates (subject to hydrolysis) is 2. The topological polar surface area (TPSA) is 92.3 Å². The van der Waals surface area contributed by atoms with Crippen LogP contribution in [0.3, 0.4) is 0 Å². The number of amides is 2. The number of carbonyl (C=O) groups is 2. The Labute approximate surface area is 173 Å². The third kappa shape index (κ3) is 10.1. The predicted octanol–water partition coefficient (Wildman–Crippen LogP) is 3.57. The fourth-order valence-corrected chi connectivity index (χ4v) is 3.50. The minimum absolute atomic E-state index is 0.0931. The molecule has 162 valence electrons. The van der Waals surface area contributed by atoms with Crippen molar-refractivity contribution in [2.45, 2.75) is 85.2 Å². The van der Waals surface area contributed by atoms with Crippen LogP contribution in [0.4, 0.5) is 9.59 Å². The number of ether oxygens (including phenoxy) is 2. The quantitative estimate of drug-likeness (QED) is 0.526. The smallest absolute Gasteiger partial charge is 0.409 e. The van der Waals surface area contributed by atoms with E-state index in [4.69, 9.17) is 9.47 Å². The van der Waals surface area contributed by atoms with Crippen molar-refractivity contribution in [3.05, 3.63) is 0 Å². The number of nitrogens with zero attached hydrogens (tertiary/aromatic N) is 2. The summed E-state index contributed by atoms with van der Waals surface area (Å²) in [4.78, 5) is 30.5. The van der Waals surface area contributed by atoms with Gasteiger partial charge in [0.1, 0.15) is 11.8 Å². The molecule has 1 fully saturated rings. The number of hydrogen-bond acceptors (Lipinski definition) is 6. The second kappa shape index (κ2) is 11.4. The Kier molecular flexibility index (Phi) is 9.92. The average Bonchev–Trinajstić information content (AvgIpc) is 2.52. The van der Waals surface area contributed by atoms with Crippen LogP contribution in [-0.2, 0) is 9.47 Å². The van der Waals surface area contributed by atoms with Gasteiger partial charge in [0.15, 0.2) is 5.17 Å². The molecule has 1 saturated heterocycles. The van der Waals surface area contributed by atoms with E-state index in [9.17, 15) is 9.59 Å². The molecular formula is C19H36N4O4S. The number of amidine groups is 1. The van der Waals surface area contributed by atoms with Crippen molar-refractivity contribution in [1.82, 2.24) is 15.5 Å². The molecule has 0 aromatic carbocycles. The number of hydrogen-bond donors (Lipinski definition) is 2. The Morgan fingerprint density at radius 1 is 1.18 bits per heavy atom. The molecule has 0 aliphatic carbocycles. The van der Waals surface area contributed by atoms with Crippen LogP contribution < -0.4 is 10.6 Å². The molecule has 9 heteroatoms. The highest BCUT2D eigenvalue weighted by Gasteiger charge is 2.25. The molecule has 1 heterocycles. The van der Waals surface area contributed by atoms with Gasteiger partial charge in [-0.3, -0.25) is 5.32 Å². The van der Waals surface area contributed by atoms with Crippen LogP contribution in [0, 0.1) is 0 Å². The van der Waals surface area contributed by atoms with Crippen LogP contribution in [0.1, 0.15) is 61.3 Å². The van der Waals surface area contributed by atoms with Gasteiger partial charge >= 0.3 is 12.2 Å². The zero-order valence-corrected chi connectivity index (χ0v) is 19.0. The fraction of sp³-hybridized carbons (Fsp3) is 0.842. The average molecular weight is 417 g/mol. The molecule has 0 aromatic heterocycles. The summed E-state index contributed by atoms with van der Waals surface area (Å²) in [6.45, 7) is 14.6. The Morgan fingerprint density at radius 2 is 1.79 bits per heavy atom. The zero-order valence-electron chi connectivity index (χ0n) is 18.2. The molecule has 1 aliphatic heterocycles. The first kappa shape index (κ1) is 24.4. The van der Waals surface area contributed by atoms with Crippen molar-refractivity contribution in [2.75, 3.05) is 18.8 Å². The van der Waals surface area contributed by atoms with Gasteiger partial charge in [-0.25, -0.2) is 14.6 Å². The van der Waals surface area contributed by atoms with Crippen LogP contribution >= 0.6 is 11.8 Å². The highest BCUT2D eigenvalue weighted by molar-refractivity contribution is 8.13. The summed E-state index contributed by atoms with van der Waals surface area (Å²) in [7, 11) is 0. The van der Waals surface area contributed by atoms with Crippen molar-refractivity contribution >= 4 is 29.1 Å². The first-order chi connectivity index (χ1) is 13.0. The van der Waals surface area contributed by atoms with Gasteiger partial charge in [0.2, 0.25) is 0 Å². The maximum absolute atomic E-state index is 11.9. The van der Waals surface area contributed by atoms with E-state index in [1.807, 2.05) is 27.7 Å². The largest absolute Gasteiger partial charge is 0.447 e. The lowest BCUT2D eigenvalue weighted by Gasteiger charge is -2.34. The maximum atomic E-state index is 11.9. The number of rotatable bonds is 5. The summed E-state index contributed by atoms with van der Waals surface area (Å²) in [5, 5.41) is 6.58. The van der Waals surface area contributed by atoms with Crippen LogP contribution in [0.5, 0.6) is 0 Å². The monoisotopic (exact) mass is 416 g/mol. The summed E-state index contributed by atoms with van der Waals surface area (Å²) in [5.41, 5.74) is -0.498. The number of thioether (sulfide) groups is 1. The molecule has 0 saturated carbocycles. The van der Waals surface area contributed by atoms with E-state index in [2.05, 4.69) is 27.4 Å². The fourth-order valence-electron chi connectivity index (χ4n) is 2.65. The molecule has 0 spiro atoms. The molecule has 0 aromatic rings. The van der Waals surface area contributed by atoms with E-state index < -0.39 is 11.7 Å². The van der Waals surface area contributed by atoms with Crippen LogP contribution in [-0.4, -0.2) is 65.0 Å². The molecule has 0 bridgehead atoms. The lowest BCUT2D eigenvalue weighted by Crippen LogP contribution is -2.47. The minimum Gasteiger partial charge on any atom is -0.447 e. The Morgan fingerprint density at radius 3 is 2.29 bits per heavy atom. The summed E-state index contributed by atoms with van der Waals surface area (Å²) < 4.78 is 10.4. The van der Waals surface area contributed by atoms with Gasteiger partial charge in [0.05, 0.1) is 6.10 Å². The maximum Gasteiger partial charge on any atom is 0.409 e. The van der Waals surface area contributed by atoms with Gasteiger partial charge < -0.3 is 19.7 Å². The van der Waals surface area contributed by atoms with Crippen molar-refractivity contribution in [2.24, 2.45) is 4.99 Å². The number of likely N-dealkylation sites (tertiary alicyclic amines) is 1. The Balaban J connectivity index is 2.57. The molecular weight excluding hydrogens is 380 g/mol. The van der Waals surface area contributed by atoms with Gasteiger partial charge in [-0.15, -0.1) is 0 Å². The van der Waals surface area contributed by atoms with E-state index in [1.54, 1.807) is 25.6 Å². The summed E-state index contributed by atoms with van der Waals surface area (Å²) in [5.74, 6) is 0.887. The summed E-state index contributed by atoms with van der Waals surface area (Å²) >= 11 is 1.65. The minimum atomic E-state index is -0.498. The van der Waals surface area contributed by atoms with E-state index >= 15 is 0 Å². The highest BCUT2D eigenvalue weighted by atomic mass is 32.2. The lowest BCUT2D eigenvalue weighted by atomic mass is 10.1. The van der Waals surface area contributed by atoms with Crippen LogP contribution in [0.25, 0.3) is 0 Å². The Hall–Kier alpha value is -1.64. The van der Waals surface area contributed by atoms with E-state index in [0.717, 1.165) is 36.9 Å². The molecule has 1 rings (SSSR count). The first-order valence-electron chi connectivity index (χ1n) is 9.92. The van der Waals surface area contributed by atoms with Crippen LogP contribution in [0.15, 0.2) is 4.99 Å². The number of nitrogens with one attached hydrogen (secondary N) is 2. The van der Waals surface area contributed by atoms with Gasteiger partial charge in [-0.1, -0.05) is 18.7 Å². The lowest BCUT2D eigenvalue weighted by molar-refractivity contribution is 0.0488. The molecule has 1 atom stereocenters. The molecule has 1 unspecified atom stereocenters. The van der Waals surface area contributed by atoms with Crippen molar-refractivity contribution in [1.29, 1.82) is 0 Å². The molecule has 1 aliphatic rings. The number of aliphatic imine (C=N–C) groups is 1. The molecule has 0 radical (unpaired) electrons. The second-order valence-corrected chi connectivity index (χ2v) is 9.26. The number of carbonyl (C=O) groups excluding carboxylic acids is 2. The van der Waals surface area contributed by atoms with E-state index in [1.165, 1.54) is 0 Å². The predicted molar refractivity (Wildman–Crippen MR) is 114 cm³/mol. The van der Waals surface area contributed by atoms with Crippen molar-refractivity contribution < 1.29 is 19.1 Å². The standard InChI is InChI=1S/C19H36N4O4S/c1-8-28-16(20-14(4)21-17(24)26-13(2)3)23-11-9-15(10-12-23)22-18(25)27-19(5,6)7/h13-15H,8-12H2,1-7H3,(H,21,24)(H,22,25)/b20-16-. The molecule has 2 amide bonds. The van der Waals surface area contributed by atoms with Crippen LogP contribution in [0.2, 0.25) is 0 Å². The van der Waals surface area contributed by atoms with Crippen molar-refractivity contribution in [3.8, 4) is 0 Å².